The van der Waals surface area contributed by atoms with Crippen LogP contribution in [-0.2, 0) is 30.5 Å². The number of hydrogen-bond acceptors (Lipinski definition) is 7. The summed E-state index contributed by atoms with van der Waals surface area (Å²) in [6, 6.07) is 6.91. The topological polar surface area (TPSA) is 145 Å². The molecule has 0 radical (unpaired) electrons. The van der Waals surface area contributed by atoms with Gasteiger partial charge in [0.2, 0.25) is 10.0 Å². The van der Waals surface area contributed by atoms with E-state index in [0.717, 1.165) is 12.1 Å². The molecule has 2 N–H and O–H groups in total. The van der Waals surface area contributed by atoms with Gasteiger partial charge in [0.05, 0.1) is 15.4 Å². The van der Waals surface area contributed by atoms with E-state index in [-0.39, 0.29) is 11.4 Å². The third-order valence-corrected chi connectivity index (χ3v) is 5.27. The zero-order valence-electron chi connectivity index (χ0n) is 16.3. The van der Waals surface area contributed by atoms with Gasteiger partial charge in [0.1, 0.15) is 12.2 Å². The van der Waals surface area contributed by atoms with Crippen LogP contribution < -0.4 is 10.0 Å². The van der Waals surface area contributed by atoms with Crippen LogP contribution in [-0.4, -0.2) is 38.4 Å². The number of esters is 1. The Morgan fingerprint density at radius 2 is 1.84 bits per heavy atom. The molecule has 0 aliphatic carbocycles. The summed E-state index contributed by atoms with van der Waals surface area (Å²) in [7, 11) is -4.47. The predicted molar refractivity (Wildman–Crippen MR) is 104 cm³/mol. The SMILES string of the molecule is Cc1ccc(NC(=O)COC(=O)CNS(=O)(=O)c2cccc(C(F)(F)F)c2)c([N+](=O)[O-])c1. The van der Waals surface area contributed by atoms with Gasteiger partial charge in [0.25, 0.3) is 11.6 Å². The number of alkyl halides is 3. The van der Waals surface area contributed by atoms with Crippen LogP contribution in [0.4, 0.5) is 24.5 Å². The second-order valence-electron chi connectivity index (χ2n) is 6.34. The summed E-state index contributed by atoms with van der Waals surface area (Å²) in [5.41, 5.74) is -1.12. The molecule has 0 bridgehead atoms. The zero-order chi connectivity index (χ0) is 24.1. The quantitative estimate of drug-likeness (QED) is 0.339. The highest BCUT2D eigenvalue weighted by Crippen LogP contribution is 2.30. The van der Waals surface area contributed by atoms with Gasteiger partial charge in [-0.15, -0.1) is 0 Å². The summed E-state index contributed by atoms with van der Waals surface area (Å²) in [6.45, 7) is -0.230. The number of nitro benzene ring substituents is 1. The summed E-state index contributed by atoms with van der Waals surface area (Å²) in [5.74, 6) is -2.12. The molecule has 0 aliphatic heterocycles. The van der Waals surface area contributed by atoms with Crippen LogP contribution in [0, 0.1) is 17.0 Å². The van der Waals surface area contributed by atoms with E-state index in [2.05, 4.69) is 10.1 Å². The summed E-state index contributed by atoms with van der Waals surface area (Å²) >= 11 is 0. The van der Waals surface area contributed by atoms with E-state index in [9.17, 15) is 41.3 Å². The Kier molecular flexibility index (Phi) is 7.53. The van der Waals surface area contributed by atoms with Crippen molar-refractivity contribution in [1.82, 2.24) is 4.72 Å². The molecule has 0 unspecified atom stereocenters. The lowest BCUT2D eigenvalue weighted by Gasteiger charge is -2.10. The summed E-state index contributed by atoms with van der Waals surface area (Å²) < 4.78 is 68.7. The van der Waals surface area contributed by atoms with Gasteiger partial charge in [-0.05, 0) is 36.8 Å². The second kappa shape index (κ2) is 9.74. The van der Waals surface area contributed by atoms with Gasteiger partial charge in [-0.25, -0.2) is 8.42 Å². The Balaban J connectivity index is 1.92. The van der Waals surface area contributed by atoms with Crippen LogP contribution in [0.1, 0.15) is 11.1 Å². The third kappa shape index (κ3) is 6.75. The third-order valence-electron chi connectivity index (χ3n) is 3.87. The zero-order valence-corrected chi connectivity index (χ0v) is 17.1. The number of sulfonamides is 1. The van der Waals surface area contributed by atoms with Crippen molar-refractivity contribution in [3.05, 3.63) is 63.7 Å². The van der Waals surface area contributed by atoms with Gasteiger partial charge in [-0.3, -0.25) is 19.7 Å². The fraction of sp³-hybridized carbons (Fsp3) is 0.222. The number of benzene rings is 2. The van der Waals surface area contributed by atoms with Crippen LogP contribution in [0.5, 0.6) is 0 Å². The van der Waals surface area contributed by atoms with Crippen molar-refractivity contribution in [2.75, 3.05) is 18.5 Å². The molecule has 172 valence electrons. The second-order valence-corrected chi connectivity index (χ2v) is 8.10. The van der Waals surface area contributed by atoms with E-state index in [0.29, 0.717) is 17.7 Å². The average Bonchev–Trinajstić information content (AvgIpc) is 2.71. The molecule has 0 saturated heterocycles. The number of anilines is 1. The molecular weight excluding hydrogens is 459 g/mol. The molecule has 0 aromatic heterocycles. The average molecular weight is 475 g/mol. The normalized spacial score (nSPS) is 11.6. The summed E-state index contributed by atoms with van der Waals surface area (Å²) in [6.07, 6.45) is -4.76. The number of aryl methyl sites for hydroxylation is 1. The van der Waals surface area contributed by atoms with E-state index in [1.165, 1.54) is 18.2 Å². The van der Waals surface area contributed by atoms with E-state index in [1.54, 1.807) is 11.6 Å². The summed E-state index contributed by atoms with van der Waals surface area (Å²) in [4.78, 5) is 33.2. The molecule has 2 aromatic carbocycles. The van der Waals surface area contributed by atoms with Crippen molar-refractivity contribution in [2.24, 2.45) is 0 Å². The first-order chi connectivity index (χ1) is 14.8. The largest absolute Gasteiger partial charge is 0.455 e. The highest BCUT2D eigenvalue weighted by molar-refractivity contribution is 7.89. The molecule has 2 rings (SSSR count). The molecule has 2 aromatic rings. The molecule has 14 heteroatoms. The number of ether oxygens (including phenoxy) is 1. The molecular formula is C18H16F3N3O7S. The Morgan fingerprint density at radius 3 is 2.47 bits per heavy atom. The molecule has 0 aliphatic rings. The van der Waals surface area contributed by atoms with Crippen molar-refractivity contribution < 1.29 is 40.8 Å². The Morgan fingerprint density at radius 1 is 1.16 bits per heavy atom. The van der Waals surface area contributed by atoms with Crippen LogP contribution in [0.15, 0.2) is 47.4 Å². The molecule has 0 fully saturated rings. The minimum atomic E-state index is -4.76. The van der Waals surface area contributed by atoms with Crippen LogP contribution >= 0.6 is 0 Å². The maximum absolute atomic E-state index is 12.7. The maximum atomic E-state index is 12.7. The van der Waals surface area contributed by atoms with Crippen LogP contribution in [0.25, 0.3) is 0 Å². The Labute approximate surface area is 179 Å². The molecule has 0 saturated carbocycles. The fourth-order valence-electron chi connectivity index (χ4n) is 2.36. The fourth-order valence-corrected chi connectivity index (χ4v) is 3.37. The number of nitrogens with zero attached hydrogens (tertiary/aromatic N) is 1. The van der Waals surface area contributed by atoms with Crippen molar-refractivity contribution >= 4 is 33.3 Å². The van der Waals surface area contributed by atoms with Gasteiger partial charge >= 0.3 is 12.1 Å². The number of carbonyl (C=O) groups excluding carboxylic acids is 2. The lowest BCUT2D eigenvalue weighted by molar-refractivity contribution is -0.384. The molecule has 10 nitrogen and oxygen atoms in total. The smallest absolute Gasteiger partial charge is 0.416 e. The van der Waals surface area contributed by atoms with Crippen LogP contribution in [0.2, 0.25) is 0 Å². The number of nitro groups is 1. The lowest BCUT2D eigenvalue weighted by atomic mass is 10.2. The molecule has 1 amide bonds. The highest BCUT2D eigenvalue weighted by atomic mass is 32.2. The van der Waals surface area contributed by atoms with Gasteiger partial charge in [-0.1, -0.05) is 12.1 Å². The Hall–Kier alpha value is -3.52. The van der Waals surface area contributed by atoms with Gasteiger partial charge in [0.15, 0.2) is 6.61 Å². The van der Waals surface area contributed by atoms with Crippen molar-refractivity contribution in [3.8, 4) is 0 Å². The molecule has 0 heterocycles. The minimum Gasteiger partial charge on any atom is -0.455 e. The van der Waals surface area contributed by atoms with Crippen LogP contribution in [0.3, 0.4) is 0 Å². The predicted octanol–water partition coefficient (Wildman–Crippen LogP) is 2.38. The number of hydrogen-bond donors (Lipinski definition) is 2. The van der Waals surface area contributed by atoms with Gasteiger partial charge < -0.3 is 10.1 Å². The number of amides is 1. The number of carbonyl (C=O) groups is 2. The van der Waals surface area contributed by atoms with Crippen molar-refractivity contribution in [2.45, 2.75) is 18.0 Å². The van der Waals surface area contributed by atoms with E-state index >= 15 is 0 Å². The standard InChI is InChI=1S/C18H16F3N3O7S/c1-11-5-6-14(15(7-11)24(27)28)23-16(25)10-31-17(26)9-22-32(29,30)13-4-2-3-12(8-13)18(19,20)21/h2-8,22H,9-10H2,1H3,(H,23,25). The number of nitrogens with one attached hydrogen (secondary N) is 2. The highest BCUT2D eigenvalue weighted by Gasteiger charge is 2.31. The van der Waals surface area contributed by atoms with Crippen molar-refractivity contribution in [1.29, 1.82) is 0 Å². The van der Waals surface area contributed by atoms with E-state index < -0.39 is 56.6 Å². The first-order valence-electron chi connectivity index (χ1n) is 8.67. The summed E-state index contributed by atoms with van der Waals surface area (Å²) in [5, 5.41) is 13.2. The number of rotatable bonds is 8. The Bertz CT molecular complexity index is 1150. The van der Waals surface area contributed by atoms with E-state index in [1.807, 2.05) is 0 Å². The molecule has 0 spiro atoms. The lowest BCUT2D eigenvalue weighted by Crippen LogP contribution is -2.32. The van der Waals surface area contributed by atoms with Crippen molar-refractivity contribution in [3.63, 3.8) is 0 Å². The minimum absolute atomic E-state index is 0.133. The monoisotopic (exact) mass is 475 g/mol. The molecule has 0 atom stereocenters. The van der Waals surface area contributed by atoms with Gasteiger partial charge in [0, 0.05) is 6.07 Å². The number of halogens is 3. The molecule has 32 heavy (non-hydrogen) atoms. The first kappa shape index (κ1) is 24.7. The van der Waals surface area contributed by atoms with Gasteiger partial charge in [-0.2, -0.15) is 17.9 Å². The van der Waals surface area contributed by atoms with E-state index in [4.69, 9.17) is 0 Å². The first-order valence-corrected chi connectivity index (χ1v) is 10.2. The maximum Gasteiger partial charge on any atom is 0.416 e.